The summed E-state index contributed by atoms with van der Waals surface area (Å²) in [6.07, 6.45) is 0. The predicted octanol–water partition coefficient (Wildman–Crippen LogP) is 2.89. The molecule has 17 heavy (non-hydrogen) atoms. The normalized spacial score (nSPS) is 11.2. The number of nitrogens with one attached hydrogen (secondary N) is 1. The van der Waals surface area contributed by atoms with Crippen LogP contribution in [0.1, 0.15) is 4.88 Å². The van der Waals surface area contributed by atoms with Crippen LogP contribution in [0.15, 0.2) is 30.3 Å². The van der Waals surface area contributed by atoms with E-state index in [1.807, 2.05) is 12.1 Å². The summed E-state index contributed by atoms with van der Waals surface area (Å²) >= 11 is 1.59. The van der Waals surface area contributed by atoms with Gasteiger partial charge in [-0.3, -0.25) is 0 Å². The molecular weight excluding hydrogens is 237 g/mol. The lowest BCUT2D eigenvalue weighted by Crippen LogP contribution is -1.91. The first kappa shape index (κ1) is 10.4. The Bertz CT molecular complexity index is 671. The van der Waals surface area contributed by atoms with E-state index in [4.69, 9.17) is 5.73 Å². The molecule has 0 aliphatic heterocycles. The van der Waals surface area contributed by atoms with Crippen LogP contribution in [0.25, 0.3) is 21.7 Å². The van der Waals surface area contributed by atoms with Crippen LogP contribution in [0.2, 0.25) is 0 Å². The molecule has 0 atom stereocenters. The van der Waals surface area contributed by atoms with Crippen molar-refractivity contribution in [3.63, 3.8) is 0 Å². The van der Waals surface area contributed by atoms with Crippen LogP contribution in [0.5, 0.6) is 0 Å². The van der Waals surface area contributed by atoms with Gasteiger partial charge >= 0.3 is 0 Å². The van der Waals surface area contributed by atoms with E-state index in [-0.39, 0.29) is 5.82 Å². The minimum atomic E-state index is -0.262. The van der Waals surface area contributed by atoms with Crippen LogP contribution in [-0.2, 0) is 6.54 Å². The molecule has 0 radical (unpaired) electrons. The van der Waals surface area contributed by atoms with Crippen LogP contribution >= 0.6 is 11.3 Å². The number of halogens is 1. The van der Waals surface area contributed by atoms with Crippen molar-refractivity contribution < 1.29 is 4.39 Å². The zero-order valence-electron chi connectivity index (χ0n) is 8.90. The second kappa shape index (κ2) is 3.94. The first-order valence-electron chi connectivity index (χ1n) is 5.20. The fraction of sp³-hybridized carbons (Fsp3) is 0.0833. The van der Waals surface area contributed by atoms with Gasteiger partial charge in [-0.2, -0.15) is 0 Å². The number of rotatable bonds is 2. The van der Waals surface area contributed by atoms with Gasteiger partial charge in [0.05, 0.1) is 15.9 Å². The Hall–Kier alpha value is -1.72. The van der Waals surface area contributed by atoms with Gasteiger partial charge in [0.1, 0.15) is 11.6 Å². The number of thiophene rings is 1. The Morgan fingerprint density at radius 2 is 2.18 bits per heavy atom. The summed E-state index contributed by atoms with van der Waals surface area (Å²) in [5.74, 6) is 0.497. The highest BCUT2D eigenvalue weighted by Crippen LogP contribution is 2.27. The average Bonchev–Trinajstić information content (AvgIpc) is 2.93. The third kappa shape index (κ3) is 1.83. The zero-order valence-corrected chi connectivity index (χ0v) is 9.72. The highest BCUT2D eigenvalue weighted by molar-refractivity contribution is 7.15. The standard InChI is InChI=1S/C12H10FN3S/c13-7-1-3-9-10(5-7)16-12(15-9)11-4-2-8(6-14)17-11/h1-5H,6,14H2,(H,15,16). The average molecular weight is 247 g/mol. The van der Waals surface area contributed by atoms with E-state index in [1.165, 1.54) is 12.1 Å². The number of nitrogens with zero attached hydrogens (tertiary/aromatic N) is 1. The Labute approximate surface area is 101 Å². The minimum absolute atomic E-state index is 0.262. The van der Waals surface area contributed by atoms with Gasteiger partial charge in [-0.05, 0) is 30.3 Å². The quantitative estimate of drug-likeness (QED) is 0.731. The van der Waals surface area contributed by atoms with E-state index >= 15 is 0 Å². The molecule has 3 N–H and O–H groups in total. The Balaban J connectivity index is 2.11. The van der Waals surface area contributed by atoms with Crippen LogP contribution in [0.4, 0.5) is 4.39 Å². The topological polar surface area (TPSA) is 54.7 Å². The van der Waals surface area contributed by atoms with Gasteiger partial charge in [-0.1, -0.05) is 0 Å². The summed E-state index contributed by atoms with van der Waals surface area (Å²) < 4.78 is 13.0. The summed E-state index contributed by atoms with van der Waals surface area (Å²) in [5, 5.41) is 0. The third-order valence-electron chi connectivity index (χ3n) is 2.54. The van der Waals surface area contributed by atoms with E-state index < -0.39 is 0 Å². The maximum Gasteiger partial charge on any atom is 0.148 e. The van der Waals surface area contributed by atoms with Gasteiger partial charge in [0.25, 0.3) is 0 Å². The lowest BCUT2D eigenvalue weighted by Gasteiger charge is -1.88. The highest BCUT2D eigenvalue weighted by Gasteiger charge is 2.08. The van der Waals surface area contributed by atoms with Gasteiger partial charge in [0.15, 0.2) is 0 Å². The van der Waals surface area contributed by atoms with Crippen LogP contribution in [-0.4, -0.2) is 9.97 Å². The molecular formula is C12H10FN3S. The maximum atomic E-state index is 13.0. The first-order valence-corrected chi connectivity index (χ1v) is 6.02. The highest BCUT2D eigenvalue weighted by atomic mass is 32.1. The summed E-state index contributed by atoms with van der Waals surface area (Å²) in [5.41, 5.74) is 7.04. The van der Waals surface area contributed by atoms with Crippen molar-refractivity contribution in [2.75, 3.05) is 0 Å². The number of benzene rings is 1. The van der Waals surface area contributed by atoms with Crippen molar-refractivity contribution in [3.8, 4) is 10.7 Å². The number of hydrogen-bond donors (Lipinski definition) is 2. The summed E-state index contributed by atoms with van der Waals surface area (Å²) in [7, 11) is 0. The van der Waals surface area contributed by atoms with Gasteiger partial charge < -0.3 is 10.7 Å². The van der Waals surface area contributed by atoms with Crippen molar-refractivity contribution in [1.82, 2.24) is 9.97 Å². The molecule has 0 saturated heterocycles. The molecule has 0 aliphatic rings. The number of fused-ring (bicyclic) bond motifs is 1. The minimum Gasteiger partial charge on any atom is -0.337 e. The summed E-state index contributed by atoms with van der Waals surface area (Å²) in [6, 6.07) is 8.48. The molecule has 1 aromatic carbocycles. The molecule has 3 rings (SSSR count). The van der Waals surface area contributed by atoms with Gasteiger partial charge in [-0.25, -0.2) is 9.37 Å². The molecule has 0 bridgehead atoms. The summed E-state index contributed by atoms with van der Waals surface area (Å²) in [4.78, 5) is 9.65. The molecule has 0 aliphatic carbocycles. The number of hydrogen-bond acceptors (Lipinski definition) is 3. The Morgan fingerprint density at radius 3 is 2.94 bits per heavy atom. The van der Waals surface area contributed by atoms with Crippen LogP contribution in [0, 0.1) is 5.82 Å². The van der Waals surface area contributed by atoms with Crippen molar-refractivity contribution >= 4 is 22.4 Å². The van der Waals surface area contributed by atoms with Gasteiger partial charge in [0, 0.05) is 11.4 Å². The van der Waals surface area contributed by atoms with E-state index in [1.54, 1.807) is 17.4 Å². The van der Waals surface area contributed by atoms with E-state index in [0.29, 0.717) is 12.1 Å². The maximum absolute atomic E-state index is 13.0. The molecule has 0 amide bonds. The van der Waals surface area contributed by atoms with Crippen LogP contribution in [0.3, 0.4) is 0 Å². The Morgan fingerprint density at radius 1 is 1.29 bits per heavy atom. The van der Waals surface area contributed by atoms with Crippen molar-refractivity contribution in [2.45, 2.75) is 6.54 Å². The number of imidazole rings is 1. The lowest BCUT2D eigenvalue weighted by molar-refractivity contribution is 0.629. The number of H-pyrrole nitrogens is 1. The third-order valence-corrected chi connectivity index (χ3v) is 3.65. The second-order valence-corrected chi connectivity index (χ2v) is 4.89. The molecule has 0 unspecified atom stereocenters. The molecule has 5 heteroatoms. The zero-order chi connectivity index (χ0) is 11.8. The largest absolute Gasteiger partial charge is 0.337 e. The molecule has 86 valence electrons. The lowest BCUT2D eigenvalue weighted by atomic mass is 10.3. The first-order chi connectivity index (χ1) is 8.26. The summed E-state index contributed by atoms with van der Waals surface area (Å²) in [6.45, 7) is 0.527. The molecule has 0 fully saturated rings. The van der Waals surface area contributed by atoms with E-state index in [2.05, 4.69) is 9.97 Å². The molecule has 2 heterocycles. The van der Waals surface area contributed by atoms with E-state index in [9.17, 15) is 4.39 Å². The van der Waals surface area contributed by atoms with Crippen molar-refractivity contribution in [2.24, 2.45) is 5.73 Å². The van der Waals surface area contributed by atoms with Gasteiger partial charge in [0.2, 0.25) is 0 Å². The van der Waals surface area contributed by atoms with Gasteiger partial charge in [-0.15, -0.1) is 11.3 Å². The number of aromatic nitrogens is 2. The number of aromatic amines is 1. The monoisotopic (exact) mass is 247 g/mol. The molecule has 0 saturated carbocycles. The SMILES string of the molecule is NCc1ccc(-c2nc3ccc(F)cc3[nH]2)s1. The number of nitrogens with two attached hydrogens (primary N) is 1. The molecule has 0 spiro atoms. The molecule has 2 aromatic heterocycles. The second-order valence-electron chi connectivity index (χ2n) is 3.72. The molecule has 3 aromatic rings. The molecule has 3 nitrogen and oxygen atoms in total. The van der Waals surface area contributed by atoms with Crippen molar-refractivity contribution in [1.29, 1.82) is 0 Å². The smallest absolute Gasteiger partial charge is 0.148 e. The predicted molar refractivity (Wildman–Crippen MR) is 67.3 cm³/mol. The Kier molecular flexibility index (Phi) is 2.42. The fourth-order valence-electron chi connectivity index (χ4n) is 1.71. The van der Waals surface area contributed by atoms with Crippen LogP contribution < -0.4 is 5.73 Å². The fourth-order valence-corrected chi connectivity index (χ4v) is 2.54. The van der Waals surface area contributed by atoms with E-state index in [0.717, 1.165) is 21.1 Å². The van der Waals surface area contributed by atoms with Crippen molar-refractivity contribution in [3.05, 3.63) is 41.0 Å².